The first-order chi connectivity index (χ1) is 14.0. The Labute approximate surface area is 167 Å². The van der Waals surface area contributed by atoms with Gasteiger partial charge in [-0.05, 0) is 41.6 Å². The summed E-state index contributed by atoms with van der Waals surface area (Å²) in [5, 5.41) is 22.2. The molecule has 9 nitrogen and oxygen atoms in total. The third kappa shape index (κ3) is 5.23. The van der Waals surface area contributed by atoms with E-state index in [1.54, 1.807) is 48.5 Å². The summed E-state index contributed by atoms with van der Waals surface area (Å²) in [6, 6.07) is 13.3. The maximum absolute atomic E-state index is 11.6. The van der Waals surface area contributed by atoms with E-state index in [1.807, 2.05) is 6.92 Å². The van der Waals surface area contributed by atoms with Crippen molar-refractivity contribution in [3.05, 3.63) is 59.7 Å². The molecule has 0 spiro atoms. The number of carbonyl (C=O) groups excluding carboxylic acids is 2. The minimum Gasteiger partial charge on any atom is -0.491 e. The van der Waals surface area contributed by atoms with Gasteiger partial charge >= 0.3 is 0 Å². The van der Waals surface area contributed by atoms with Crippen molar-refractivity contribution in [2.75, 3.05) is 6.61 Å². The zero-order valence-corrected chi connectivity index (χ0v) is 15.9. The Hall–Kier alpha value is -3.59. The molecule has 3 N–H and O–H groups in total. The minimum absolute atomic E-state index is 0.0330. The Bertz CT molecular complexity index is 983. The third-order valence-electron chi connectivity index (χ3n) is 4.19. The summed E-state index contributed by atoms with van der Waals surface area (Å²) >= 11 is 0. The number of aliphatic hydroxyl groups is 1. The van der Waals surface area contributed by atoms with Crippen molar-refractivity contribution in [3.63, 3.8) is 0 Å². The molecule has 1 heterocycles. The molecule has 0 saturated heterocycles. The standard InChI is InChI=1S/C20H21N5O4/c1-2-18(27)13-7-9-17(10-8-13)29-12-16(26)11-25-23-20(22-24-25)15-5-3-14(4-6-15)19(21)28/h3-10,16,26H,2,11-12H2,1H3,(H2,21,28)/t16-/m1/s1. The van der Waals surface area contributed by atoms with Gasteiger partial charge in [0, 0.05) is 23.1 Å². The number of nitrogens with two attached hydrogens (primary N) is 1. The number of aliphatic hydroxyl groups excluding tert-OH is 1. The summed E-state index contributed by atoms with van der Waals surface area (Å²) in [6.45, 7) is 1.94. The van der Waals surface area contributed by atoms with Gasteiger partial charge in [-0.3, -0.25) is 9.59 Å². The monoisotopic (exact) mass is 395 g/mol. The maximum Gasteiger partial charge on any atom is 0.248 e. The molecule has 150 valence electrons. The third-order valence-corrected chi connectivity index (χ3v) is 4.19. The quantitative estimate of drug-likeness (QED) is 0.524. The lowest BCUT2D eigenvalue weighted by molar-refractivity contribution is 0.0849. The van der Waals surface area contributed by atoms with Crippen LogP contribution >= 0.6 is 0 Å². The molecule has 0 unspecified atom stereocenters. The molecule has 1 amide bonds. The van der Waals surface area contributed by atoms with Crippen LogP contribution < -0.4 is 10.5 Å². The predicted molar refractivity (Wildman–Crippen MR) is 104 cm³/mol. The molecule has 2 aromatic carbocycles. The highest BCUT2D eigenvalue weighted by Gasteiger charge is 2.12. The molecule has 0 aliphatic carbocycles. The molecule has 0 bridgehead atoms. The van der Waals surface area contributed by atoms with Crippen LogP contribution in [0.25, 0.3) is 11.4 Å². The van der Waals surface area contributed by atoms with E-state index in [-0.39, 0.29) is 18.9 Å². The number of nitrogens with zero attached hydrogens (tertiary/aromatic N) is 4. The lowest BCUT2D eigenvalue weighted by Crippen LogP contribution is -2.25. The largest absolute Gasteiger partial charge is 0.491 e. The average molecular weight is 395 g/mol. The molecule has 9 heteroatoms. The Balaban J connectivity index is 1.54. The van der Waals surface area contributed by atoms with Gasteiger partial charge in [-0.2, -0.15) is 4.80 Å². The zero-order valence-electron chi connectivity index (χ0n) is 15.9. The SMILES string of the molecule is CCC(=O)c1ccc(OC[C@H](O)Cn2nnc(-c3ccc(C(N)=O)cc3)n2)cc1. The van der Waals surface area contributed by atoms with Crippen molar-refractivity contribution in [3.8, 4) is 17.1 Å². The fraction of sp³-hybridized carbons (Fsp3) is 0.250. The number of Topliss-reactive ketones (excluding diaryl/α,β-unsaturated/α-hetero) is 1. The van der Waals surface area contributed by atoms with Crippen molar-refractivity contribution in [1.29, 1.82) is 0 Å². The van der Waals surface area contributed by atoms with Crippen LogP contribution in [0.3, 0.4) is 0 Å². The van der Waals surface area contributed by atoms with Gasteiger partial charge < -0.3 is 15.6 Å². The van der Waals surface area contributed by atoms with E-state index < -0.39 is 12.0 Å². The van der Waals surface area contributed by atoms with E-state index in [0.717, 1.165) is 0 Å². The number of carbonyl (C=O) groups is 2. The fourth-order valence-corrected chi connectivity index (χ4v) is 2.59. The van der Waals surface area contributed by atoms with Crippen LogP contribution in [0.4, 0.5) is 0 Å². The minimum atomic E-state index is -0.855. The number of amides is 1. The van der Waals surface area contributed by atoms with Crippen LogP contribution in [0.15, 0.2) is 48.5 Å². The van der Waals surface area contributed by atoms with Gasteiger partial charge in [-0.1, -0.05) is 19.1 Å². The number of primary amides is 1. The van der Waals surface area contributed by atoms with Gasteiger partial charge in [-0.25, -0.2) is 0 Å². The number of ketones is 1. The Kier molecular flexibility index (Phi) is 6.30. The second kappa shape index (κ2) is 9.07. The molecule has 0 aliphatic heterocycles. The summed E-state index contributed by atoms with van der Waals surface area (Å²) in [7, 11) is 0. The van der Waals surface area contributed by atoms with Gasteiger partial charge in [0.25, 0.3) is 0 Å². The van der Waals surface area contributed by atoms with Crippen molar-refractivity contribution in [2.45, 2.75) is 26.0 Å². The molecule has 0 aliphatic rings. The normalized spacial score (nSPS) is 11.8. The van der Waals surface area contributed by atoms with E-state index in [2.05, 4.69) is 15.4 Å². The summed E-state index contributed by atoms with van der Waals surface area (Å²) in [6.07, 6.45) is -0.410. The Morgan fingerprint density at radius 1 is 1.10 bits per heavy atom. The highest BCUT2D eigenvalue weighted by molar-refractivity contribution is 5.95. The Morgan fingerprint density at radius 2 is 1.76 bits per heavy atom. The average Bonchev–Trinajstić information content (AvgIpc) is 3.20. The molecule has 3 rings (SSSR count). The second-order valence-corrected chi connectivity index (χ2v) is 6.38. The van der Waals surface area contributed by atoms with Crippen LogP contribution in [0, 0.1) is 0 Å². The number of ether oxygens (including phenoxy) is 1. The number of benzene rings is 2. The van der Waals surface area contributed by atoms with Crippen LogP contribution in [0.5, 0.6) is 5.75 Å². The molecule has 0 fully saturated rings. The highest BCUT2D eigenvalue weighted by atomic mass is 16.5. The van der Waals surface area contributed by atoms with Crippen LogP contribution in [0.1, 0.15) is 34.1 Å². The number of hydrogen-bond acceptors (Lipinski definition) is 7. The summed E-state index contributed by atoms with van der Waals surface area (Å²) in [5.41, 5.74) is 6.91. The number of aromatic nitrogens is 4. The second-order valence-electron chi connectivity index (χ2n) is 6.38. The maximum atomic E-state index is 11.6. The van der Waals surface area contributed by atoms with Crippen molar-refractivity contribution < 1.29 is 19.4 Å². The van der Waals surface area contributed by atoms with E-state index in [1.165, 1.54) is 4.80 Å². The van der Waals surface area contributed by atoms with Gasteiger partial charge in [0.15, 0.2) is 5.78 Å². The van der Waals surface area contributed by atoms with Crippen molar-refractivity contribution in [1.82, 2.24) is 20.2 Å². The van der Waals surface area contributed by atoms with Gasteiger partial charge in [0.05, 0.1) is 6.54 Å². The number of rotatable bonds is 9. The number of tetrazole rings is 1. The molecule has 0 radical (unpaired) electrons. The predicted octanol–water partition coefficient (Wildman–Crippen LogP) is 1.47. The first kappa shape index (κ1) is 20.2. The Morgan fingerprint density at radius 3 is 2.38 bits per heavy atom. The van der Waals surface area contributed by atoms with E-state index >= 15 is 0 Å². The molecule has 3 aromatic rings. The van der Waals surface area contributed by atoms with Crippen LogP contribution in [0.2, 0.25) is 0 Å². The lowest BCUT2D eigenvalue weighted by Gasteiger charge is -2.11. The first-order valence-corrected chi connectivity index (χ1v) is 9.08. The first-order valence-electron chi connectivity index (χ1n) is 9.08. The van der Waals surface area contributed by atoms with Gasteiger partial charge in [0.2, 0.25) is 11.7 Å². The van der Waals surface area contributed by atoms with Crippen LogP contribution in [-0.2, 0) is 6.54 Å². The van der Waals surface area contributed by atoms with Crippen LogP contribution in [-0.4, -0.2) is 49.7 Å². The number of hydrogen-bond donors (Lipinski definition) is 2. The molecule has 1 atom stereocenters. The van der Waals surface area contributed by atoms with Crippen molar-refractivity contribution >= 4 is 11.7 Å². The zero-order chi connectivity index (χ0) is 20.8. The summed E-state index contributed by atoms with van der Waals surface area (Å²) < 4.78 is 5.54. The highest BCUT2D eigenvalue weighted by Crippen LogP contribution is 2.15. The smallest absolute Gasteiger partial charge is 0.248 e. The van der Waals surface area contributed by atoms with E-state index in [4.69, 9.17) is 10.5 Å². The molecule has 0 saturated carbocycles. The summed E-state index contributed by atoms with van der Waals surface area (Å²) in [4.78, 5) is 24.0. The summed E-state index contributed by atoms with van der Waals surface area (Å²) in [5.74, 6) is 0.473. The molecular formula is C20H21N5O4. The molecule has 29 heavy (non-hydrogen) atoms. The topological polar surface area (TPSA) is 133 Å². The lowest BCUT2D eigenvalue weighted by atomic mass is 10.1. The fourth-order valence-electron chi connectivity index (χ4n) is 2.59. The molecular weight excluding hydrogens is 374 g/mol. The molecule has 1 aromatic heterocycles. The van der Waals surface area contributed by atoms with Gasteiger partial charge in [-0.15, -0.1) is 10.2 Å². The van der Waals surface area contributed by atoms with Gasteiger partial charge in [0.1, 0.15) is 18.5 Å². The van der Waals surface area contributed by atoms with E-state index in [9.17, 15) is 14.7 Å². The van der Waals surface area contributed by atoms with Crippen molar-refractivity contribution in [2.24, 2.45) is 5.73 Å². The van der Waals surface area contributed by atoms with E-state index in [0.29, 0.717) is 34.7 Å².